The molecule has 4 rings (SSSR count). The van der Waals surface area contributed by atoms with Crippen LogP contribution in [0.3, 0.4) is 0 Å². The van der Waals surface area contributed by atoms with E-state index in [-0.39, 0.29) is 5.92 Å². The van der Waals surface area contributed by atoms with Gasteiger partial charge in [0, 0.05) is 53.2 Å². The molecule has 0 bridgehead atoms. The molecule has 8 heteroatoms. The molecule has 0 aliphatic rings. The van der Waals surface area contributed by atoms with Crippen LogP contribution in [0.25, 0.3) is 10.9 Å². The standard InChI is InChI=1S/C26H29BrN6O/c1-18(2)26-29-24(15-25(30-26)32(3)4)31-28-16-19-17-33(23-8-6-5-7-22(19)23)13-14-34-21-11-9-20(27)10-12-21/h5-12,15-18H,13-14H2,1-4H3,(H,29,30,31). The number of para-hydroxylation sites is 1. The quantitative estimate of drug-likeness (QED) is 0.219. The van der Waals surface area contributed by atoms with E-state index in [1.807, 2.05) is 67.7 Å². The molecule has 4 aromatic rings. The molecule has 0 amide bonds. The maximum absolute atomic E-state index is 5.92. The van der Waals surface area contributed by atoms with Crippen molar-refractivity contribution in [3.63, 3.8) is 0 Å². The van der Waals surface area contributed by atoms with Gasteiger partial charge in [0.1, 0.15) is 24.0 Å². The molecule has 0 saturated heterocycles. The number of nitrogens with zero attached hydrogens (tertiary/aromatic N) is 5. The fourth-order valence-corrected chi connectivity index (χ4v) is 3.79. The number of aromatic nitrogens is 3. The molecular formula is C26H29BrN6O. The summed E-state index contributed by atoms with van der Waals surface area (Å²) >= 11 is 3.45. The molecule has 0 fully saturated rings. The minimum atomic E-state index is 0.224. The lowest BCUT2D eigenvalue weighted by Gasteiger charge is -2.15. The minimum Gasteiger partial charge on any atom is -0.492 e. The fraction of sp³-hybridized carbons (Fsp3) is 0.269. The van der Waals surface area contributed by atoms with Crippen LogP contribution in [0.1, 0.15) is 31.2 Å². The highest BCUT2D eigenvalue weighted by Gasteiger charge is 2.10. The second-order valence-corrected chi connectivity index (χ2v) is 9.40. The van der Waals surface area contributed by atoms with Gasteiger partial charge in [0.25, 0.3) is 0 Å². The van der Waals surface area contributed by atoms with Gasteiger partial charge in [0.15, 0.2) is 5.82 Å². The maximum atomic E-state index is 5.92. The Morgan fingerprint density at radius 2 is 1.88 bits per heavy atom. The Morgan fingerprint density at radius 1 is 1.12 bits per heavy atom. The van der Waals surface area contributed by atoms with Gasteiger partial charge in [0.05, 0.1) is 12.8 Å². The first-order valence-electron chi connectivity index (χ1n) is 11.2. The Labute approximate surface area is 208 Å². The molecule has 34 heavy (non-hydrogen) atoms. The number of benzene rings is 2. The summed E-state index contributed by atoms with van der Waals surface area (Å²) in [6, 6.07) is 18.1. The Bertz CT molecular complexity index is 1250. The van der Waals surface area contributed by atoms with E-state index in [1.54, 1.807) is 0 Å². The number of nitrogens with one attached hydrogen (secondary N) is 1. The molecule has 0 atom stereocenters. The van der Waals surface area contributed by atoms with Crippen LogP contribution in [-0.4, -0.2) is 41.5 Å². The number of hydrazone groups is 1. The lowest BCUT2D eigenvalue weighted by molar-refractivity contribution is 0.300. The highest BCUT2D eigenvalue weighted by atomic mass is 79.9. The molecular weight excluding hydrogens is 492 g/mol. The normalized spacial score (nSPS) is 11.5. The average Bonchev–Trinajstić information content (AvgIpc) is 3.18. The van der Waals surface area contributed by atoms with Crippen molar-refractivity contribution in [3.8, 4) is 5.75 Å². The third-order valence-corrected chi connectivity index (χ3v) is 5.85. The van der Waals surface area contributed by atoms with Gasteiger partial charge in [-0.1, -0.05) is 48.0 Å². The smallest absolute Gasteiger partial charge is 0.152 e. The second kappa shape index (κ2) is 10.7. The molecule has 0 spiro atoms. The van der Waals surface area contributed by atoms with Gasteiger partial charge >= 0.3 is 0 Å². The summed E-state index contributed by atoms with van der Waals surface area (Å²) in [4.78, 5) is 11.2. The second-order valence-electron chi connectivity index (χ2n) is 8.49. The number of fused-ring (bicyclic) bond motifs is 1. The number of ether oxygens (including phenoxy) is 1. The van der Waals surface area contributed by atoms with E-state index < -0.39 is 0 Å². The van der Waals surface area contributed by atoms with Gasteiger partial charge in [-0.05, 0) is 30.3 Å². The van der Waals surface area contributed by atoms with Gasteiger partial charge in [0.2, 0.25) is 0 Å². The molecule has 2 aromatic carbocycles. The number of hydrogen-bond donors (Lipinski definition) is 1. The van der Waals surface area contributed by atoms with E-state index in [1.165, 1.54) is 0 Å². The van der Waals surface area contributed by atoms with E-state index >= 15 is 0 Å². The van der Waals surface area contributed by atoms with Crippen LogP contribution < -0.4 is 15.1 Å². The number of halogens is 1. The minimum absolute atomic E-state index is 0.224. The summed E-state index contributed by atoms with van der Waals surface area (Å²) in [7, 11) is 3.93. The van der Waals surface area contributed by atoms with Crippen LogP contribution in [0, 0.1) is 0 Å². The first-order valence-corrected chi connectivity index (χ1v) is 12.0. The lowest BCUT2D eigenvalue weighted by Crippen LogP contribution is -2.13. The van der Waals surface area contributed by atoms with E-state index in [9.17, 15) is 0 Å². The van der Waals surface area contributed by atoms with E-state index in [2.05, 4.69) is 73.2 Å². The molecule has 0 radical (unpaired) electrons. The maximum Gasteiger partial charge on any atom is 0.152 e. The number of rotatable bonds is 9. The predicted molar refractivity (Wildman–Crippen MR) is 143 cm³/mol. The van der Waals surface area contributed by atoms with Crippen LogP contribution in [0.15, 0.2) is 70.4 Å². The third-order valence-electron chi connectivity index (χ3n) is 5.32. The average molecular weight is 521 g/mol. The molecule has 1 N–H and O–H groups in total. The zero-order valence-corrected chi connectivity index (χ0v) is 21.5. The monoisotopic (exact) mass is 520 g/mol. The molecule has 2 aromatic heterocycles. The Balaban J connectivity index is 1.49. The summed E-state index contributed by atoms with van der Waals surface area (Å²) in [6.07, 6.45) is 3.94. The summed E-state index contributed by atoms with van der Waals surface area (Å²) < 4.78 is 9.15. The van der Waals surface area contributed by atoms with E-state index in [4.69, 9.17) is 4.74 Å². The van der Waals surface area contributed by atoms with Crippen molar-refractivity contribution in [1.82, 2.24) is 14.5 Å². The molecule has 7 nitrogen and oxygen atoms in total. The van der Waals surface area contributed by atoms with Crippen molar-refractivity contribution in [2.24, 2.45) is 5.10 Å². The van der Waals surface area contributed by atoms with Crippen LogP contribution >= 0.6 is 15.9 Å². The topological polar surface area (TPSA) is 67.6 Å². The Hall–Kier alpha value is -3.39. The van der Waals surface area contributed by atoms with Gasteiger partial charge < -0.3 is 14.2 Å². The number of anilines is 2. The van der Waals surface area contributed by atoms with E-state index in [0.717, 1.165) is 44.9 Å². The van der Waals surface area contributed by atoms with Gasteiger partial charge in [-0.2, -0.15) is 5.10 Å². The first-order chi connectivity index (χ1) is 16.4. The van der Waals surface area contributed by atoms with Gasteiger partial charge in [-0.15, -0.1) is 0 Å². The summed E-state index contributed by atoms with van der Waals surface area (Å²) in [6.45, 7) is 5.46. The zero-order chi connectivity index (χ0) is 24.1. The summed E-state index contributed by atoms with van der Waals surface area (Å²) in [5, 5.41) is 5.61. The molecule has 176 valence electrons. The Kier molecular flexibility index (Phi) is 7.47. The van der Waals surface area contributed by atoms with Crippen molar-refractivity contribution < 1.29 is 4.74 Å². The van der Waals surface area contributed by atoms with Gasteiger partial charge in [-0.25, -0.2) is 9.97 Å². The largest absolute Gasteiger partial charge is 0.492 e. The third kappa shape index (κ3) is 5.75. The number of hydrogen-bond acceptors (Lipinski definition) is 6. The predicted octanol–water partition coefficient (Wildman–Crippen LogP) is 5.91. The van der Waals surface area contributed by atoms with Crippen molar-refractivity contribution in [2.45, 2.75) is 26.3 Å². The summed E-state index contributed by atoms with van der Waals surface area (Å²) in [5.41, 5.74) is 5.25. The molecule has 0 aliphatic heterocycles. The Morgan fingerprint density at radius 3 is 2.62 bits per heavy atom. The van der Waals surface area contributed by atoms with Crippen LogP contribution in [0.5, 0.6) is 5.75 Å². The lowest BCUT2D eigenvalue weighted by atomic mass is 10.2. The van der Waals surface area contributed by atoms with E-state index in [0.29, 0.717) is 12.4 Å². The molecule has 0 aliphatic carbocycles. The van der Waals surface area contributed by atoms with Crippen molar-refractivity contribution in [2.75, 3.05) is 31.0 Å². The fourth-order valence-electron chi connectivity index (χ4n) is 3.52. The highest BCUT2D eigenvalue weighted by molar-refractivity contribution is 9.10. The van der Waals surface area contributed by atoms with Crippen molar-refractivity contribution in [1.29, 1.82) is 0 Å². The summed E-state index contributed by atoms with van der Waals surface area (Å²) in [5.74, 6) is 3.38. The first kappa shape index (κ1) is 23.8. The molecule has 0 unspecified atom stereocenters. The van der Waals surface area contributed by atoms with Crippen LogP contribution in [-0.2, 0) is 6.54 Å². The molecule has 0 saturated carbocycles. The SMILES string of the molecule is CC(C)c1nc(NN=Cc2cn(CCOc3ccc(Br)cc3)c3ccccc23)cc(N(C)C)n1. The highest BCUT2D eigenvalue weighted by Crippen LogP contribution is 2.22. The van der Waals surface area contributed by atoms with Crippen LogP contribution in [0.2, 0.25) is 0 Å². The molecule has 2 heterocycles. The van der Waals surface area contributed by atoms with Gasteiger partial charge in [-0.3, -0.25) is 5.43 Å². The van der Waals surface area contributed by atoms with Crippen molar-refractivity contribution in [3.05, 3.63) is 76.7 Å². The van der Waals surface area contributed by atoms with Crippen LogP contribution in [0.4, 0.5) is 11.6 Å². The van der Waals surface area contributed by atoms with Crippen molar-refractivity contribution >= 4 is 44.7 Å². The zero-order valence-electron chi connectivity index (χ0n) is 19.9.